The van der Waals surface area contributed by atoms with E-state index in [1.807, 2.05) is 0 Å². The predicted octanol–water partition coefficient (Wildman–Crippen LogP) is 1.46. The van der Waals surface area contributed by atoms with Crippen LogP contribution >= 0.6 is 0 Å². The zero-order chi connectivity index (χ0) is 11.4. The Balaban J connectivity index is 1.93. The molecule has 0 radical (unpaired) electrons. The van der Waals surface area contributed by atoms with Crippen LogP contribution in [-0.2, 0) is 0 Å². The molecule has 16 heavy (non-hydrogen) atoms. The van der Waals surface area contributed by atoms with Crippen molar-refractivity contribution in [1.29, 1.82) is 0 Å². The van der Waals surface area contributed by atoms with E-state index in [0.717, 1.165) is 32.4 Å². The highest BCUT2D eigenvalue weighted by atomic mass is 14.9. The molecular weight excluding hydrogens is 198 g/mol. The summed E-state index contributed by atoms with van der Waals surface area (Å²) in [6.45, 7) is 1.81. The van der Waals surface area contributed by atoms with Crippen LogP contribution in [0.25, 0.3) is 0 Å². The summed E-state index contributed by atoms with van der Waals surface area (Å²) in [5.74, 6) is 0. The monoisotopic (exact) mass is 219 g/mol. The van der Waals surface area contributed by atoms with E-state index in [2.05, 4.69) is 29.6 Å². The number of rotatable bonds is 5. The first-order valence-corrected chi connectivity index (χ1v) is 6.11. The van der Waals surface area contributed by atoms with E-state index in [1.165, 1.54) is 11.1 Å². The number of nitrogens with one attached hydrogen (secondary N) is 1. The number of nitrogens with two attached hydrogens (primary N) is 2. The normalized spacial score (nSPS) is 23.4. The van der Waals surface area contributed by atoms with Crippen molar-refractivity contribution in [3.05, 3.63) is 35.4 Å². The Kier molecular flexibility index (Phi) is 3.93. The van der Waals surface area contributed by atoms with Gasteiger partial charge in [-0.05, 0) is 43.5 Å². The third-order valence-electron chi connectivity index (χ3n) is 3.28. The van der Waals surface area contributed by atoms with Crippen molar-refractivity contribution >= 4 is 0 Å². The molecule has 1 aliphatic rings. The van der Waals surface area contributed by atoms with E-state index >= 15 is 0 Å². The molecule has 0 saturated carbocycles. The van der Waals surface area contributed by atoms with Crippen LogP contribution in [0.5, 0.6) is 0 Å². The third-order valence-corrected chi connectivity index (χ3v) is 3.28. The van der Waals surface area contributed by atoms with Gasteiger partial charge in [0.15, 0.2) is 0 Å². The van der Waals surface area contributed by atoms with Gasteiger partial charge in [-0.15, -0.1) is 0 Å². The van der Waals surface area contributed by atoms with Crippen LogP contribution in [0.2, 0.25) is 0 Å². The van der Waals surface area contributed by atoms with Crippen LogP contribution in [-0.4, -0.2) is 13.1 Å². The SMILES string of the molecule is NCCCCNC1CC(N)c2ccccc21. The molecule has 0 aromatic heterocycles. The molecule has 3 nitrogen and oxygen atoms in total. The molecule has 2 unspecified atom stereocenters. The maximum Gasteiger partial charge on any atom is 0.0341 e. The van der Waals surface area contributed by atoms with Crippen molar-refractivity contribution in [2.24, 2.45) is 11.5 Å². The first-order chi connectivity index (χ1) is 7.83. The Morgan fingerprint density at radius 2 is 1.94 bits per heavy atom. The van der Waals surface area contributed by atoms with Gasteiger partial charge in [0, 0.05) is 12.1 Å². The lowest BCUT2D eigenvalue weighted by Crippen LogP contribution is -2.21. The summed E-state index contributed by atoms with van der Waals surface area (Å²) in [6.07, 6.45) is 3.25. The Bertz CT molecular complexity index is 338. The zero-order valence-corrected chi connectivity index (χ0v) is 9.65. The van der Waals surface area contributed by atoms with Crippen LogP contribution in [0, 0.1) is 0 Å². The van der Waals surface area contributed by atoms with Crippen molar-refractivity contribution in [2.75, 3.05) is 13.1 Å². The maximum absolute atomic E-state index is 6.11. The molecule has 0 amide bonds. The lowest BCUT2D eigenvalue weighted by Gasteiger charge is -2.13. The standard InChI is InChI=1S/C13H21N3/c14-7-3-4-8-16-13-9-12(15)10-5-1-2-6-11(10)13/h1-2,5-6,12-13,16H,3-4,7-9,14-15H2. The van der Waals surface area contributed by atoms with E-state index in [9.17, 15) is 0 Å². The van der Waals surface area contributed by atoms with Crippen molar-refractivity contribution in [3.8, 4) is 0 Å². The fourth-order valence-corrected chi connectivity index (χ4v) is 2.41. The molecule has 2 rings (SSSR count). The molecule has 0 saturated heterocycles. The van der Waals surface area contributed by atoms with Crippen LogP contribution in [0.1, 0.15) is 42.5 Å². The second-order valence-electron chi connectivity index (χ2n) is 4.47. The zero-order valence-electron chi connectivity index (χ0n) is 9.65. The minimum Gasteiger partial charge on any atom is -0.330 e. The molecule has 1 aromatic carbocycles. The van der Waals surface area contributed by atoms with Gasteiger partial charge in [0.05, 0.1) is 0 Å². The summed E-state index contributed by atoms with van der Waals surface area (Å²) >= 11 is 0. The maximum atomic E-state index is 6.11. The van der Waals surface area contributed by atoms with Crippen molar-refractivity contribution in [3.63, 3.8) is 0 Å². The highest BCUT2D eigenvalue weighted by Crippen LogP contribution is 2.36. The van der Waals surface area contributed by atoms with Gasteiger partial charge in [-0.2, -0.15) is 0 Å². The molecule has 0 aliphatic heterocycles. The van der Waals surface area contributed by atoms with Crippen molar-refractivity contribution in [1.82, 2.24) is 5.32 Å². The van der Waals surface area contributed by atoms with Gasteiger partial charge in [0.25, 0.3) is 0 Å². The minimum atomic E-state index is 0.197. The number of hydrogen-bond donors (Lipinski definition) is 3. The molecule has 2 atom stereocenters. The summed E-state index contributed by atoms with van der Waals surface area (Å²) in [7, 11) is 0. The van der Waals surface area contributed by atoms with E-state index in [0.29, 0.717) is 6.04 Å². The molecule has 88 valence electrons. The molecule has 0 bridgehead atoms. The first-order valence-electron chi connectivity index (χ1n) is 6.11. The highest BCUT2D eigenvalue weighted by Gasteiger charge is 2.27. The second-order valence-corrected chi connectivity index (χ2v) is 4.47. The van der Waals surface area contributed by atoms with Gasteiger partial charge in [-0.3, -0.25) is 0 Å². The van der Waals surface area contributed by atoms with Crippen LogP contribution in [0.4, 0.5) is 0 Å². The Morgan fingerprint density at radius 1 is 1.19 bits per heavy atom. The molecule has 0 fully saturated rings. The first kappa shape index (κ1) is 11.6. The lowest BCUT2D eigenvalue weighted by atomic mass is 10.1. The Hall–Kier alpha value is -0.900. The molecular formula is C13H21N3. The molecule has 1 aliphatic carbocycles. The van der Waals surface area contributed by atoms with Crippen LogP contribution in [0.15, 0.2) is 24.3 Å². The predicted molar refractivity (Wildman–Crippen MR) is 67.0 cm³/mol. The van der Waals surface area contributed by atoms with Crippen molar-refractivity contribution < 1.29 is 0 Å². The molecule has 0 heterocycles. The Morgan fingerprint density at radius 3 is 2.69 bits per heavy atom. The third kappa shape index (κ3) is 2.43. The number of benzene rings is 1. The van der Waals surface area contributed by atoms with Gasteiger partial charge >= 0.3 is 0 Å². The number of hydrogen-bond acceptors (Lipinski definition) is 3. The molecule has 1 aromatic rings. The fourth-order valence-electron chi connectivity index (χ4n) is 2.41. The van der Waals surface area contributed by atoms with E-state index < -0.39 is 0 Å². The van der Waals surface area contributed by atoms with E-state index in [-0.39, 0.29) is 6.04 Å². The minimum absolute atomic E-state index is 0.197. The topological polar surface area (TPSA) is 64.1 Å². The van der Waals surface area contributed by atoms with Gasteiger partial charge in [0.2, 0.25) is 0 Å². The van der Waals surface area contributed by atoms with Crippen LogP contribution < -0.4 is 16.8 Å². The Labute approximate surface area is 97.2 Å². The lowest BCUT2D eigenvalue weighted by molar-refractivity contribution is 0.488. The van der Waals surface area contributed by atoms with E-state index in [4.69, 9.17) is 11.5 Å². The smallest absolute Gasteiger partial charge is 0.0341 e. The molecule has 0 spiro atoms. The van der Waals surface area contributed by atoms with Crippen LogP contribution in [0.3, 0.4) is 0 Å². The summed E-state index contributed by atoms with van der Waals surface area (Å²) in [5, 5.41) is 3.57. The van der Waals surface area contributed by atoms with Gasteiger partial charge in [-0.25, -0.2) is 0 Å². The summed E-state index contributed by atoms with van der Waals surface area (Å²) in [5.41, 5.74) is 14.3. The van der Waals surface area contributed by atoms with Crippen molar-refractivity contribution in [2.45, 2.75) is 31.3 Å². The molecule has 5 N–H and O–H groups in total. The highest BCUT2D eigenvalue weighted by molar-refractivity contribution is 5.37. The van der Waals surface area contributed by atoms with Gasteiger partial charge < -0.3 is 16.8 Å². The largest absolute Gasteiger partial charge is 0.330 e. The average Bonchev–Trinajstić information content (AvgIpc) is 2.63. The summed E-state index contributed by atoms with van der Waals surface area (Å²) < 4.78 is 0. The summed E-state index contributed by atoms with van der Waals surface area (Å²) in [6, 6.07) is 9.11. The second kappa shape index (κ2) is 5.43. The quantitative estimate of drug-likeness (QED) is 0.657. The molecule has 3 heteroatoms. The summed E-state index contributed by atoms with van der Waals surface area (Å²) in [4.78, 5) is 0. The van der Waals surface area contributed by atoms with E-state index in [1.54, 1.807) is 0 Å². The number of unbranched alkanes of at least 4 members (excludes halogenated alkanes) is 1. The van der Waals surface area contributed by atoms with Gasteiger partial charge in [0.1, 0.15) is 0 Å². The number of fused-ring (bicyclic) bond motifs is 1. The van der Waals surface area contributed by atoms with Gasteiger partial charge in [-0.1, -0.05) is 24.3 Å². The average molecular weight is 219 g/mol. The fraction of sp³-hybridized carbons (Fsp3) is 0.538.